The zero-order chi connectivity index (χ0) is 20.6. The lowest BCUT2D eigenvalue weighted by molar-refractivity contribution is -0.141. The number of benzene rings is 2. The third-order valence-corrected chi connectivity index (χ3v) is 4.85. The molecular weight excluding hydrogens is 357 g/mol. The van der Waals surface area contributed by atoms with Gasteiger partial charge < -0.3 is 0 Å². The van der Waals surface area contributed by atoms with E-state index in [0.29, 0.717) is 16.8 Å². The summed E-state index contributed by atoms with van der Waals surface area (Å²) in [4.78, 5) is 40.1. The summed E-state index contributed by atoms with van der Waals surface area (Å²) in [5, 5.41) is 0. The van der Waals surface area contributed by atoms with Gasteiger partial charge in [-0.15, -0.1) is 6.42 Å². The third-order valence-electron chi connectivity index (χ3n) is 4.85. The van der Waals surface area contributed by atoms with Crippen LogP contribution < -0.4 is 4.90 Å². The van der Waals surface area contributed by atoms with Crippen LogP contribution in [0, 0.1) is 29.5 Å². The Bertz CT molecular complexity index is 978. The van der Waals surface area contributed by atoms with Crippen molar-refractivity contribution in [3.63, 3.8) is 0 Å². The third kappa shape index (κ3) is 3.34. The van der Waals surface area contributed by atoms with Crippen LogP contribution in [0.15, 0.2) is 48.5 Å². The first-order chi connectivity index (χ1) is 13.1. The highest BCUT2D eigenvalue weighted by molar-refractivity contribution is 6.48. The quantitative estimate of drug-likeness (QED) is 0.466. The highest BCUT2D eigenvalue weighted by atomic mass is 19.1. The van der Waals surface area contributed by atoms with Gasteiger partial charge in [0.15, 0.2) is 5.78 Å². The van der Waals surface area contributed by atoms with Crippen molar-refractivity contribution in [2.75, 3.05) is 4.90 Å². The molecule has 1 fully saturated rings. The predicted octanol–water partition coefficient (Wildman–Crippen LogP) is 3.70. The van der Waals surface area contributed by atoms with E-state index in [9.17, 15) is 18.8 Å². The number of carbonyl (C=O) groups is 3. The maximum Gasteiger partial charge on any atom is 0.295 e. The summed E-state index contributed by atoms with van der Waals surface area (Å²) < 4.78 is 13.4. The molecule has 0 saturated carbocycles. The number of hydrogen-bond donors (Lipinski definition) is 0. The van der Waals surface area contributed by atoms with Crippen molar-refractivity contribution in [1.82, 2.24) is 0 Å². The summed E-state index contributed by atoms with van der Waals surface area (Å²) in [6.07, 6.45) is 5.38. The second-order valence-electron chi connectivity index (χ2n) is 7.82. The van der Waals surface area contributed by atoms with E-state index in [4.69, 9.17) is 6.42 Å². The molecule has 3 rings (SSSR count). The minimum atomic E-state index is -1.16. The standard InChI is InChI=1S/C23H20FNO3/c1-5-14-6-12-17(13-7-14)25-19(15-8-10-16(24)11-9-15)18(20(26)22(25)28)21(27)23(2,3)4/h1,6-13,18-19H,2-4H3. The molecular formula is C23H20FNO3. The molecule has 1 aliphatic heterocycles. The van der Waals surface area contributed by atoms with Crippen LogP contribution in [0.25, 0.3) is 0 Å². The number of nitrogens with zero attached hydrogens (tertiary/aromatic N) is 1. The van der Waals surface area contributed by atoms with Crippen molar-refractivity contribution in [2.45, 2.75) is 26.8 Å². The zero-order valence-electron chi connectivity index (χ0n) is 15.9. The van der Waals surface area contributed by atoms with Crippen LogP contribution in [0.3, 0.4) is 0 Å². The van der Waals surface area contributed by atoms with Gasteiger partial charge in [0, 0.05) is 16.7 Å². The normalized spacial score (nSPS) is 19.6. The van der Waals surface area contributed by atoms with Gasteiger partial charge >= 0.3 is 0 Å². The largest absolute Gasteiger partial charge is 0.298 e. The average molecular weight is 377 g/mol. The van der Waals surface area contributed by atoms with Gasteiger partial charge in [0.05, 0.1) is 6.04 Å². The smallest absolute Gasteiger partial charge is 0.295 e. The molecule has 0 radical (unpaired) electrons. The molecule has 2 atom stereocenters. The Morgan fingerprint density at radius 3 is 2.11 bits per heavy atom. The Hall–Kier alpha value is -3.26. The highest BCUT2D eigenvalue weighted by Crippen LogP contribution is 2.42. The molecule has 1 saturated heterocycles. The lowest BCUT2D eigenvalue weighted by atomic mass is 9.77. The van der Waals surface area contributed by atoms with Crippen molar-refractivity contribution in [1.29, 1.82) is 0 Å². The van der Waals surface area contributed by atoms with Crippen LogP contribution in [-0.2, 0) is 14.4 Å². The molecule has 1 amide bonds. The summed E-state index contributed by atoms with van der Waals surface area (Å²) in [7, 11) is 0. The maximum absolute atomic E-state index is 13.4. The maximum atomic E-state index is 13.4. The number of terminal acetylenes is 1. The van der Waals surface area contributed by atoms with Crippen molar-refractivity contribution in [3.05, 3.63) is 65.5 Å². The fourth-order valence-electron chi connectivity index (χ4n) is 3.40. The molecule has 0 aliphatic carbocycles. The molecule has 5 heteroatoms. The van der Waals surface area contributed by atoms with Gasteiger partial charge in [-0.1, -0.05) is 38.8 Å². The highest BCUT2D eigenvalue weighted by Gasteiger charge is 2.53. The van der Waals surface area contributed by atoms with E-state index < -0.39 is 34.9 Å². The van der Waals surface area contributed by atoms with Gasteiger partial charge in [-0.2, -0.15) is 0 Å². The molecule has 0 N–H and O–H groups in total. The number of carbonyl (C=O) groups excluding carboxylic acids is 3. The topological polar surface area (TPSA) is 54.5 Å². The summed E-state index contributed by atoms with van der Waals surface area (Å²) in [5.74, 6) is -0.953. The van der Waals surface area contributed by atoms with Gasteiger partial charge in [-0.05, 0) is 42.0 Å². The summed E-state index contributed by atoms with van der Waals surface area (Å²) >= 11 is 0. The average Bonchev–Trinajstić information content (AvgIpc) is 2.92. The molecule has 0 spiro atoms. The fraction of sp³-hybridized carbons (Fsp3) is 0.261. The Kier molecular flexibility index (Phi) is 4.91. The fourth-order valence-corrected chi connectivity index (χ4v) is 3.40. The van der Waals surface area contributed by atoms with Gasteiger partial charge in [0.1, 0.15) is 11.7 Å². The first kappa shape index (κ1) is 19.5. The van der Waals surface area contributed by atoms with Gasteiger partial charge in [0.25, 0.3) is 5.91 Å². The number of hydrogen-bond acceptors (Lipinski definition) is 3. The minimum absolute atomic E-state index is 0.331. The molecule has 4 nitrogen and oxygen atoms in total. The molecule has 142 valence electrons. The molecule has 2 aromatic carbocycles. The molecule has 1 aliphatic rings. The lowest BCUT2D eigenvalue weighted by Crippen LogP contribution is -2.35. The second kappa shape index (κ2) is 7.05. The Labute approximate surface area is 163 Å². The second-order valence-corrected chi connectivity index (χ2v) is 7.82. The minimum Gasteiger partial charge on any atom is -0.298 e. The van der Waals surface area contributed by atoms with E-state index in [1.165, 1.54) is 29.2 Å². The monoisotopic (exact) mass is 377 g/mol. The van der Waals surface area contributed by atoms with Crippen molar-refractivity contribution in [2.24, 2.45) is 11.3 Å². The van der Waals surface area contributed by atoms with Gasteiger partial charge in [0.2, 0.25) is 5.78 Å². The van der Waals surface area contributed by atoms with Gasteiger partial charge in [-0.25, -0.2) is 4.39 Å². The van der Waals surface area contributed by atoms with E-state index in [1.54, 1.807) is 45.0 Å². The SMILES string of the molecule is C#Cc1ccc(N2C(=O)C(=O)C(C(=O)C(C)(C)C)C2c2ccc(F)cc2)cc1. The number of rotatable bonds is 3. The molecule has 0 bridgehead atoms. The number of ketones is 2. The van der Waals surface area contributed by atoms with E-state index in [1.807, 2.05) is 0 Å². The van der Waals surface area contributed by atoms with Crippen molar-refractivity contribution >= 4 is 23.2 Å². The van der Waals surface area contributed by atoms with Crippen LogP contribution in [0.5, 0.6) is 0 Å². The summed E-state index contributed by atoms with van der Waals surface area (Å²) in [6.45, 7) is 5.12. The summed E-state index contributed by atoms with van der Waals surface area (Å²) in [6, 6.07) is 11.3. The number of anilines is 1. The van der Waals surface area contributed by atoms with Crippen LogP contribution in [0.2, 0.25) is 0 Å². The molecule has 0 aromatic heterocycles. The summed E-state index contributed by atoms with van der Waals surface area (Å²) in [5.41, 5.74) is 0.782. The van der Waals surface area contributed by atoms with Crippen molar-refractivity contribution < 1.29 is 18.8 Å². The molecule has 1 heterocycles. The number of amides is 1. The Morgan fingerprint density at radius 1 is 1.04 bits per heavy atom. The Morgan fingerprint density at radius 2 is 1.61 bits per heavy atom. The van der Waals surface area contributed by atoms with Crippen LogP contribution in [0.1, 0.15) is 37.9 Å². The van der Waals surface area contributed by atoms with E-state index >= 15 is 0 Å². The molecule has 2 unspecified atom stereocenters. The van der Waals surface area contributed by atoms with Gasteiger partial charge in [-0.3, -0.25) is 19.3 Å². The van der Waals surface area contributed by atoms with Crippen LogP contribution in [0.4, 0.5) is 10.1 Å². The van der Waals surface area contributed by atoms with Crippen LogP contribution >= 0.6 is 0 Å². The number of halogens is 1. The predicted molar refractivity (Wildman–Crippen MR) is 104 cm³/mol. The van der Waals surface area contributed by atoms with E-state index in [0.717, 1.165) is 0 Å². The molecule has 2 aromatic rings. The Balaban J connectivity index is 2.17. The first-order valence-electron chi connectivity index (χ1n) is 8.89. The first-order valence-corrected chi connectivity index (χ1v) is 8.89. The molecule has 28 heavy (non-hydrogen) atoms. The zero-order valence-corrected chi connectivity index (χ0v) is 15.9. The van der Waals surface area contributed by atoms with E-state index in [-0.39, 0.29) is 5.78 Å². The van der Waals surface area contributed by atoms with Crippen LogP contribution in [-0.4, -0.2) is 17.5 Å². The lowest BCUT2D eigenvalue weighted by Gasteiger charge is -2.30. The number of Topliss-reactive ketones (excluding diaryl/α,β-unsaturated/α-hetero) is 2. The van der Waals surface area contributed by atoms with Crippen molar-refractivity contribution in [3.8, 4) is 12.3 Å². The van der Waals surface area contributed by atoms with E-state index in [2.05, 4.69) is 5.92 Å².